The van der Waals surface area contributed by atoms with Gasteiger partial charge in [0.15, 0.2) is 5.82 Å². The van der Waals surface area contributed by atoms with Gasteiger partial charge in [-0.1, -0.05) is 12.1 Å². The van der Waals surface area contributed by atoms with Crippen LogP contribution in [0, 0.1) is 12.7 Å². The average Bonchev–Trinajstić information content (AvgIpc) is 2.96. The fourth-order valence-corrected chi connectivity index (χ4v) is 5.17. The van der Waals surface area contributed by atoms with Crippen molar-refractivity contribution >= 4 is 27.5 Å². The van der Waals surface area contributed by atoms with Gasteiger partial charge in [-0.3, -0.25) is 9.69 Å². The molecule has 0 radical (unpaired) electrons. The summed E-state index contributed by atoms with van der Waals surface area (Å²) in [5.74, 6) is 0.791. The molecule has 3 aromatic rings. The van der Waals surface area contributed by atoms with Crippen LogP contribution in [0.1, 0.15) is 33.0 Å². The zero-order chi connectivity index (χ0) is 22.7. The summed E-state index contributed by atoms with van der Waals surface area (Å²) in [5, 5.41) is 0.786. The highest BCUT2D eigenvalue weighted by Gasteiger charge is 2.26. The number of fused-ring (bicyclic) bond motifs is 1. The number of benzene rings is 1. The van der Waals surface area contributed by atoms with E-state index in [1.807, 2.05) is 24.0 Å². The minimum atomic E-state index is -0.226. The fourth-order valence-electron chi connectivity index (χ4n) is 4.01. The predicted molar refractivity (Wildman–Crippen MR) is 122 cm³/mol. The summed E-state index contributed by atoms with van der Waals surface area (Å²) in [7, 11) is 3.16. The Balaban J connectivity index is 1.51. The molecule has 9 heteroatoms. The number of ether oxygens (including phenoxy) is 2. The van der Waals surface area contributed by atoms with Gasteiger partial charge in [0.05, 0.1) is 17.4 Å². The standard InChI is InChI=1S/C23H27FN4O3S/c1-15-19-21(31-3)25-18(14-30-2)26-22(19)32-20(15)23(29)28-10-4-9-27(11-12-28)13-16-5-7-17(24)8-6-16/h5-8H,4,9-14H2,1-3H3. The van der Waals surface area contributed by atoms with Crippen LogP contribution < -0.4 is 4.74 Å². The molecule has 7 nitrogen and oxygen atoms in total. The van der Waals surface area contributed by atoms with Crippen LogP contribution in [0.4, 0.5) is 4.39 Å². The lowest BCUT2D eigenvalue weighted by atomic mass is 10.2. The minimum absolute atomic E-state index is 0.0180. The Morgan fingerprint density at radius 1 is 1.12 bits per heavy atom. The Morgan fingerprint density at radius 2 is 1.91 bits per heavy atom. The van der Waals surface area contributed by atoms with E-state index in [-0.39, 0.29) is 18.3 Å². The van der Waals surface area contributed by atoms with Crippen LogP contribution in [0.25, 0.3) is 10.2 Å². The third-order valence-electron chi connectivity index (χ3n) is 5.66. The molecule has 1 aromatic carbocycles. The van der Waals surface area contributed by atoms with Crippen molar-refractivity contribution in [2.75, 3.05) is 40.4 Å². The average molecular weight is 459 g/mol. The van der Waals surface area contributed by atoms with Crippen molar-refractivity contribution in [3.8, 4) is 5.88 Å². The molecule has 1 amide bonds. The van der Waals surface area contributed by atoms with Gasteiger partial charge in [0, 0.05) is 39.8 Å². The summed E-state index contributed by atoms with van der Waals surface area (Å²) < 4.78 is 23.8. The minimum Gasteiger partial charge on any atom is -0.480 e. The Kier molecular flexibility index (Phi) is 6.98. The SMILES string of the molecule is COCc1nc(OC)c2c(C)c(C(=O)N3CCCN(Cc4ccc(F)cc4)CC3)sc2n1. The summed E-state index contributed by atoms with van der Waals surface area (Å²) in [6.45, 7) is 5.96. The van der Waals surface area contributed by atoms with Crippen molar-refractivity contribution < 1.29 is 18.7 Å². The number of methoxy groups -OCH3 is 2. The highest BCUT2D eigenvalue weighted by Crippen LogP contribution is 2.35. The maximum absolute atomic E-state index is 13.4. The maximum Gasteiger partial charge on any atom is 0.264 e. The van der Waals surface area contributed by atoms with Crippen molar-refractivity contribution in [3.63, 3.8) is 0 Å². The second kappa shape index (κ2) is 9.89. The highest BCUT2D eigenvalue weighted by molar-refractivity contribution is 7.20. The van der Waals surface area contributed by atoms with Crippen molar-refractivity contribution in [2.24, 2.45) is 0 Å². The zero-order valence-electron chi connectivity index (χ0n) is 18.6. The molecular weight excluding hydrogens is 431 g/mol. The number of carbonyl (C=O) groups is 1. The van der Waals surface area contributed by atoms with Gasteiger partial charge in [-0.25, -0.2) is 9.37 Å². The third kappa shape index (κ3) is 4.74. The van der Waals surface area contributed by atoms with Crippen molar-refractivity contribution in [1.82, 2.24) is 19.8 Å². The van der Waals surface area contributed by atoms with Crippen LogP contribution in [0.2, 0.25) is 0 Å². The molecule has 1 saturated heterocycles. The number of rotatable bonds is 6. The normalized spacial score (nSPS) is 15.2. The summed E-state index contributed by atoms with van der Waals surface area (Å²) in [4.78, 5) is 28.0. The summed E-state index contributed by atoms with van der Waals surface area (Å²) in [5.41, 5.74) is 1.92. The lowest BCUT2D eigenvalue weighted by Gasteiger charge is -2.22. The third-order valence-corrected chi connectivity index (χ3v) is 6.83. The summed E-state index contributed by atoms with van der Waals surface area (Å²) >= 11 is 1.38. The highest BCUT2D eigenvalue weighted by atomic mass is 32.1. The Bertz CT molecular complexity index is 1100. The molecule has 0 spiro atoms. The number of aromatic nitrogens is 2. The number of nitrogens with zero attached hydrogens (tertiary/aromatic N) is 4. The zero-order valence-corrected chi connectivity index (χ0v) is 19.4. The topological polar surface area (TPSA) is 67.8 Å². The van der Waals surface area contributed by atoms with E-state index in [0.29, 0.717) is 29.7 Å². The molecule has 170 valence electrons. The molecule has 1 fully saturated rings. The first-order chi connectivity index (χ1) is 15.5. The number of amides is 1. The van der Waals surface area contributed by atoms with E-state index in [4.69, 9.17) is 9.47 Å². The summed E-state index contributed by atoms with van der Waals surface area (Å²) in [6.07, 6.45) is 0.887. The largest absolute Gasteiger partial charge is 0.480 e. The lowest BCUT2D eigenvalue weighted by molar-refractivity contribution is 0.0765. The lowest BCUT2D eigenvalue weighted by Crippen LogP contribution is -2.35. The van der Waals surface area contributed by atoms with Gasteiger partial charge in [-0.05, 0) is 36.6 Å². The van der Waals surface area contributed by atoms with Gasteiger partial charge in [0.1, 0.15) is 17.3 Å². The Hall–Kier alpha value is -2.62. The van der Waals surface area contributed by atoms with E-state index in [1.165, 1.54) is 23.5 Å². The van der Waals surface area contributed by atoms with Gasteiger partial charge in [0.25, 0.3) is 5.91 Å². The molecule has 0 atom stereocenters. The van der Waals surface area contributed by atoms with Gasteiger partial charge in [-0.15, -0.1) is 11.3 Å². The van der Waals surface area contributed by atoms with E-state index in [9.17, 15) is 9.18 Å². The van der Waals surface area contributed by atoms with Gasteiger partial charge in [-0.2, -0.15) is 4.98 Å². The first kappa shape index (κ1) is 22.6. The summed E-state index contributed by atoms with van der Waals surface area (Å²) in [6, 6.07) is 6.61. The number of hydrogen-bond acceptors (Lipinski definition) is 7. The monoisotopic (exact) mass is 458 g/mol. The maximum atomic E-state index is 13.4. The number of aryl methyl sites for hydroxylation is 1. The molecule has 4 rings (SSSR count). The van der Waals surface area contributed by atoms with Gasteiger partial charge in [0.2, 0.25) is 5.88 Å². The van der Waals surface area contributed by atoms with Crippen LogP contribution >= 0.6 is 11.3 Å². The second-order valence-electron chi connectivity index (χ2n) is 7.87. The molecule has 0 unspecified atom stereocenters. The molecule has 0 bridgehead atoms. The van der Waals surface area contributed by atoms with Crippen LogP contribution in [-0.4, -0.2) is 66.1 Å². The van der Waals surface area contributed by atoms with Crippen LogP contribution in [0.5, 0.6) is 5.88 Å². The fraction of sp³-hybridized carbons (Fsp3) is 0.435. The molecule has 0 N–H and O–H groups in total. The number of carbonyl (C=O) groups excluding carboxylic acids is 1. The van der Waals surface area contributed by atoms with Crippen molar-refractivity contribution in [1.29, 1.82) is 0 Å². The molecule has 2 aromatic heterocycles. The van der Waals surface area contributed by atoms with Crippen LogP contribution in [0.15, 0.2) is 24.3 Å². The van der Waals surface area contributed by atoms with E-state index >= 15 is 0 Å². The first-order valence-electron chi connectivity index (χ1n) is 10.6. The smallest absolute Gasteiger partial charge is 0.264 e. The molecule has 32 heavy (non-hydrogen) atoms. The van der Waals surface area contributed by atoms with Crippen LogP contribution in [0.3, 0.4) is 0 Å². The van der Waals surface area contributed by atoms with E-state index in [1.54, 1.807) is 14.2 Å². The quantitative estimate of drug-likeness (QED) is 0.562. The number of halogens is 1. The Morgan fingerprint density at radius 3 is 2.62 bits per heavy atom. The number of thiophene rings is 1. The molecule has 1 aliphatic heterocycles. The molecule has 0 saturated carbocycles. The Labute approximate surface area is 190 Å². The number of hydrogen-bond donors (Lipinski definition) is 0. The van der Waals surface area contributed by atoms with E-state index in [0.717, 1.165) is 47.4 Å². The van der Waals surface area contributed by atoms with Gasteiger partial charge >= 0.3 is 0 Å². The molecule has 0 aliphatic carbocycles. The molecular formula is C23H27FN4O3S. The van der Waals surface area contributed by atoms with Gasteiger partial charge < -0.3 is 14.4 Å². The van der Waals surface area contributed by atoms with Crippen LogP contribution in [-0.2, 0) is 17.9 Å². The van der Waals surface area contributed by atoms with Crippen molar-refractivity contribution in [2.45, 2.75) is 26.5 Å². The molecule has 1 aliphatic rings. The van der Waals surface area contributed by atoms with Crippen molar-refractivity contribution in [3.05, 3.63) is 51.9 Å². The molecule has 3 heterocycles. The first-order valence-corrected chi connectivity index (χ1v) is 11.4. The van der Waals surface area contributed by atoms with E-state index < -0.39 is 0 Å². The second-order valence-corrected chi connectivity index (χ2v) is 8.87. The predicted octanol–water partition coefficient (Wildman–Crippen LogP) is 3.64. The van der Waals surface area contributed by atoms with E-state index in [2.05, 4.69) is 14.9 Å².